The SMILES string of the molecule is O=C(O)c1cn(C2CC2)c2cc(N3CCN(C(=O)OCCn4ccnn4)CC3)c(F)cc2c1=O. The second-order valence-electron chi connectivity index (χ2n) is 8.39. The van der Waals surface area contributed by atoms with Crippen LogP contribution in [0.2, 0.25) is 0 Å². The summed E-state index contributed by atoms with van der Waals surface area (Å²) in [6.45, 7) is 2.06. The van der Waals surface area contributed by atoms with Crippen molar-refractivity contribution in [1.29, 1.82) is 0 Å². The van der Waals surface area contributed by atoms with Crippen LogP contribution >= 0.6 is 0 Å². The normalized spacial score (nSPS) is 16.1. The molecule has 0 radical (unpaired) electrons. The zero-order valence-corrected chi connectivity index (χ0v) is 18.3. The zero-order chi connectivity index (χ0) is 23.8. The van der Waals surface area contributed by atoms with Gasteiger partial charge in [-0.2, -0.15) is 0 Å². The highest BCUT2D eigenvalue weighted by Crippen LogP contribution is 2.38. The Morgan fingerprint density at radius 1 is 1.18 bits per heavy atom. The molecule has 178 valence electrons. The number of carbonyl (C=O) groups is 2. The van der Waals surface area contributed by atoms with Gasteiger partial charge in [-0.25, -0.2) is 18.7 Å². The van der Waals surface area contributed by atoms with Crippen LogP contribution in [0.15, 0.2) is 35.5 Å². The lowest BCUT2D eigenvalue weighted by molar-refractivity contribution is 0.0694. The molecule has 2 fully saturated rings. The molecule has 12 heteroatoms. The summed E-state index contributed by atoms with van der Waals surface area (Å²) in [5, 5.41) is 16.9. The zero-order valence-electron chi connectivity index (χ0n) is 18.3. The summed E-state index contributed by atoms with van der Waals surface area (Å²) in [4.78, 5) is 39.9. The summed E-state index contributed by atoms with van der Waals surface area (Å²) < 4.78 is 23.7. The molecule has 34 heavy (non-hydrogen) atoms. The molecule has 2 aliphatic rings. The Morgan fingerprint density at radius 2 is 1.94 bits per heavy atom. The average molecular weight is 470 g/mol. The number of benzene rings is 1. The third-order valence-electron chi connectivity index (χ3n) is 6.17. The van der Waals surface area contributed by atoms with E-state index >= 15 is 4.39 Å². The molecule has 5 rings (SSSR count). The third-order valence-corrected chi connectivity index (χ3v) is 6.17. The fraction of sp³-hybridized carbons (Fsp3) is 0.409. The van der Waals surface area contributed by atoms with Crippen LogP contribution in [0.25, 0.3) is 10.9 Å². The Labute approximate surface area is 192 Å². The smallest absolute Gasteiger partial charge is 0.409 e. The minimum atomic E-state index is -1.32. The molecule has 1 saturated carbocycles. The number of carboxylic acid groups (broad SMARTS) is 1. The van der Waals surface area contributed by atoms with E-state index in [-0.39, 0.29) is 23.6 Å². The van der Waals surface area contributed by atoms with Crippen molar-refractivity contribution in [3.05, 3.63) is 52.3 Å². The van der Waals surface area contributed by atoms with Gasteiger partial charge in [-0.1, -0.05) is 5.21 Å². The van der Waals surface area contributed by atoms with Crippen molar-refractivity contribution < 1.29 is 23.8 Å². The largest absolute Gasteiger partial charge is 0.477 e. The number of aromatic nitrogens is 4. The van der Waals surface area contributed by atoms with E-state index in [0.717, 1.165) is 18.9 Å². The number of carbonyl (C=O) groups excluding carboxylic acids is 1. The monoisotopic (exact) mass is 470 g/mol. The van der Waals surface area contributed by atoms with E-state index in [2.05, 4.69) is 10.3 Å². The second-order valence-corrected chi connectivity index (χ2v) is 8.39. The first-order chi connectivity index (χ1) is 16.4. The summed E-state index contributed by atoms with van der Waals surface area (Å²) in [6.07, 6.45) is 5.89. The van der Waals surface area contributed by atoms with Gasteiger partial charge in [-0.05, 0) is 25.0 Å². The van der Waals surface area contributed by atoms with Crippen LogP contribution in [-0.4, -0.2) is 74.4 Å². The molecule has 0 unspecified atom stereocenters. The van der Waals surface area contributed by atoms with Crippen LogP contribution in [0.3, 0.4) is 0 Å². The number of hydrogen-bond donors (Lipinski definition) is 1. The lowest BCUT2D eigenvalue weighted by Crippen LogP contribution is -2.49. The van der Waals surface area contributed by atoms with Crippen LogP contribution in [-0.2, 0) is 11.3 Å². The van der Waals surface area contributed by atoms with E-state index in [1.54, 1.807) is 32.6 Å². The van der Waals surface area contributed by atoms with E-state index in [9.17, 15) is 19.5 Å². The van der Waals surface area contributed by atoms with Crippen molar-refractivity contribution in [2.45, 2.75) is 25.4 Å². The van der Waals surface area contributed by atoms with Crippen LogP contribution in [0.1, 0.15) is 29.2 Å². The molecule has 3 heterocycles. The van der Waals surface area contributed by atoms with Gasteiger partial charge in [0.25, 0.3) is 0 Å². The molecule has 0 atom stereocenters. The van der Waals surface area contributed by atoms with Crippen LogP contribution in [0.5, 0.6) is 0 Å². The maximum Gasteiger partial charge on any atom is 0.409 e. The van der Waals surface area contributed by atoms with Crippen molar-refractivity contribution >= 4 is 28.7 Å². The molecule has 3 aromatic rings. The van der Waals surface area contributed by atoms with Gasteiger partial charge in [0.1, 0.15) is 18.0 Å². The Kier molecular flexibility index (Phi) is 5.64. The number of aromatic carboxylic acids is 1. The first kappa shape index (κ1) is 21.9. The Bertz CT molecular complexity index is 1300. The molecule has 0 bridgehead atoms. The summed E-state index contributed by atoms with van der Waals surface area (Å²) in [6, 6.07) is 2.84. The number of ether oxygens (including phenoxy) is 1. The Hall–Kier alpha value is -3.96. The number of hydrogen-bond acceptors (Lipinski definition) is 7. The minimum absolute atomic E-state index is 0.0580. The quantitative estimate of drug-likeness (QED) is 0.578. The second kappa shape index (κ2) is 8.76. The van der Waals surface area contributed by atoms with Crippen molar-refractivity contribution in [2.75, 3.05) is 37.7 Å². The lowest BCUT2D eigenvalue weighted by Gasteiger charge is -2.35. The van der Waals surface area contributed by atoms with Gasteiger partial charge < -0.3 is 24.2 Å². The summed E-state index contributed by atoms with van der Waals surface area (Å²) in [5.41, 5.74) is -0.210. The number of pyridine rings is 1. The first-order valence-corrected chi connectivity index (χ1v) is 11.0. The summed E-state index contributed by atoms with van der Waals surface area (Å²) >= 11 is 0. The standard InChI is InChI=1S/C22H23FN6O5/c23-17-11-15-18(29(14-1-2-14)13-16(20(15)30)21(31)32)12-19(17)26-5-7-27(8-6-26)22(33)34-10-9-28-4-3-24-25-28/h3-4,11-14H,1-2,5-10H2,(H,31,32). The third kappa shape index (κ3) is 4.18. The van der Waals surface area contributed by atoms with E-state index in [1.165, 1.54) is 6.20 Å². The molecule has 0 spiro atoms. The summed E-state index contributed by atoms with van der Waals surface area (Å²) in [5.74, 6) is -1.92. The Balaban J connectivity index is 1.31. The molecule has 1 saturated heterocycles. The predicted molar refractivity (Wildman–Crippen MR) is 119 cm³/mol. The van der Waals surface area contributed by atoms with Crippen LogP contribution < -0.4 is 10.3 Å². The van der Waals surface area contributed by atoms with E-state index < -0.39 is 23.3 Å². The fourth-order valence-electron chi connectivity index (χ4n) is 4.21. The van der Waals surface area contributed by atoms with E-state index in [4.69, 9.17) is 4.74 Å². The highest BCUT2D eigenvalue weighted by atomic mass is 19.1. The number of nitrogens with zero attached hydrogens (tertiary/aromatic N) is 6. The van der Waals surface area contributed by atoms with Gasteiger partial charge in [-0.15, -0.1) is 5.10 Å². The van der Waals surface area contributed by atoms with Gasteiger partial charge in [-0.3, -0.25) is 4.79 Å². The van der Waals surface area contributed by atoms with Gasteiger partial charge in [0.2, 0.25) is 5.43 Å². The molecule has 1 aromatic carbocycles. The first-order valence-electron chi connectivity index (χ1n) is 11.0. The fourth-order valence-corrected chi connectivity index (χ4v) is 4.21. The van der Waals surface area contributed by atoms with E-state index in [1.807, 2.05) is 4.90 Å². The van der Waals surface area contributed by atoms with Gasteiger partial charge in [0, 0.05) is 50.0 Å². The molecule has 1 amide bonds. The lowest BCUT2D eigenvalue weighted by atomic mass is 10.1. The number of rotatable bonds is 6. The van der Waals surface area contributed by atoms with Crippen molar-refractivity contribution in [3.8, 4) is 0 Å². The molecular formula is C22H23FN6O5. The summed E-state index contributed by atoms with van der Waals surface area (Å²) in [7, 11) is 0. The van der Waals surface area contributed by atoms with Crippen molar-refractivity contribution in [1.82, 2.24) is 24.5 Å². The van der Waals surface area contributed by atoms with Crippen LogP contribution in [0.4, 0.5) is 14.9 Å². The highest BCUT2D eigenvalue weighted by molar-refractivity contribution is 5.93. The van der Waals surface area contributed by atoms with Crippen LogP contribution in [0, 0.1) is 5.82 Å². The molecular weight excluding hydrogens is 447 g/mol. The topological polar surface area (TPSA) is 123 Å². The number of anilines is 1. The van der Waals surface area contributed by atoms with Gasteiger partial charge in [0.05, 0.1) is 23.9 Å². The van der Waals surface area contributed by atoms with Crippen molar-refractivity contribution in [3.63, 3.8) is 0 Å². The number of amides is 1. The molecule has 1 aliphatic heterocycles. The number of fused-ring (bicyclic) bond motifs is 1. The maximum atomic E-state index is 15.1. The van der Waals surface area contributed by atoms with E-state index in [0.29, 0.717) is 43.9 Å². The highest BCUT2D eigenvalue weighted by Gasteiger charge is 2.29. The maximum absolute atomic E-state index is 15.1. The minimum Gasteiger partial charge on any atom is -0.477 e. The number of carboxylic acids is 1. The Morgan fingerprint density at radius 3 is 2.59 bits per heavy atom. The van der Waals surface area contributed by atoms with Crippen molar-refractivity contribution in [2.24, 2.45) is 0 Å². The molecule has 2 aromatic heterocycles. The average Bonchev–Trinajstić information content (AvgIpc) is 3.54. The molecule has 1 N–H and O–H groups in total. The molecule has 11 nitrogen and oxygen atoms in total. The van der Waals surface area contributed by atoms with Gasteiger partial charge >= 0.3 is 12.1 Å². The number of halogens is 1. The molecule has 1 aliphatic carbocycles. The number of piperazine rings is 1. The predicted octanol–water partition coefficient (Wildman–Crippen LogP) is 1.72. The van der Waals surface area contributed by atoms with Gasteiger partial charge in [0.15, 0.2) is 0 Å².